The number of hydrogen-bond acceptors (Lipinski definition) is 5. The molecular weight excluding hydrogens is 400 g/mol. The number of fused-ring (bicyclic) bond motifs is 1. The van der Waals surface area contributed by atoms with Gasteiger partial charge in [-0.1, -0.05) is 0 Å². The fourth-order valence-electron chi connectivity index (χ4n) is 3.08. The highest BCUT2D eigenvalue weighted by atomic mass is 32.1. The summed E-state index contributed by atoms with van der Waals surface area (Å²) in [4.78, 5) is 32.6. The van der Waals surface area contributed by atoms with E-state index in [1.807, 2.05) is 0 Å². The first-order chi connectivity index (χ1) is 13.8. The maximum Gasteiger partial charge on any atom is 0.266 e. The number of halogens is 2. The monoisotopic (exact) mass is 415 g/mol. The van der Waals surface area contributed by atoms with Crippen molar-refractivity contribution in [1.29, 1.82) is 0 Å². The molecule has 0 bridgehead atoms. The second-order valence-corrected chi connectivity index (χ2v) is 7.32. The minimum atomic E-state index is -0.596. The van der Waals surface area contributed by atoms with Crippen LogP contribution < -0.4 is 10.9 Å². The van der Waals surface area contributed by atoms with Gasteiger partial charge in [-0.3, -0.25) is 14.7 Å². The summed E-state index contributed by atoms with van der Waals surface area (Å²) < 4.78 is 28.8. The van der Waals surface area contributed by atoms with Crippen molar-refractivity contribution in [3.8, 4) is 11.3 Å². The van der Waals surface area contributed by atoms with Gasteiger partial charge >= 0.3 is 0 Å². The number of aryl methyl sites for hydroxylation is 2. The predicted octanol–water partition coefficient (Wildman–Crippen LogP) is 3.22. The number of rotatable bonds is 4. The maximum atomic E-state index is 13.9. The van der Waals surface area contributed by atoms with Gasteiger partial charge in [-0.25, -0.2) is 23.3 Å². The van der Waals surface area contributed by atoms with E-state index in [1.54, 1.807) is 19.2 Å². The molecule has 7 nitrogen and oxygen atoms in total. The van der Waals surface area contributed by atoms with E-state index in [9.17, 15) is 18.4 Å². The lowest BCUT2D eigenvalue weighted by Gasteiger charge is -2.11. The van der Waals surface area contributed by atoms with Gasteiger partial charge in [0.2, 0.25) is 5.91 Å². The van der Waals surface area contributed by atoms with Gasteiger partial charge in [0, 0.05) is 34.0 Å². The highest BCUT2D eigenvalue weighted by Crippen LogP contribution is 2.28. The third kappa shape index (κ3) is 3.66. The molecule has 1 aromatic carbocycles. The van der Waals surface area contributed by atoms with Crippen molar-refractivity contribution in [2.24, 2.45) is 0 Å². The lowest BCUT2D eigenvalue weighted by Crippen LogP contribution is -2.17. The van der Waals surface area contributed by atoms with E-state index in [2.05, 4.69) is 20.4 Å². The summed E-state index contributed by atoms with van der Waals surface area (Å²) in [7, 11) is 0. The van der Waals surface area contributed by atoms with Crippen LogP contribution in [0.4, 0.5) is 13.9 Å². The smallest absolute Gasteiger partial charge is 0.266 e. The number of aromatic nitrogens is 4. The highest BCUT2D eigenvalue weighted by Gasteiger charge is 2.16. The van der Waals surface area contributed by atoms with Gasteiger partial charge in [0.1, 0.15) is 11.6 Å². The number of nitrogens with zero attached hydrogens (tertiary/aromatic N) is 3. The minimum Gasteiger partial charge on any atom is -0.302 e. The molecule has 0 unspecified atom stereocenters. The number of thiazole rings is 1. The Morgan fingerprint density at radius 1 is 1.24 bits per heavy atom. The number of carbonyl (C=O) groups is 1. The average molecular weight is 415 g/mol. The Hall–Kier alpha value is -3.40. The van der Waals surface area contributed by atoms with Crippen molar-refractivity contribution in [3.63, 3.8) is 0 Å². The molecule has 3 aromatic heterocycles. The summed E-state index contributed by atoms with van der Waals surface area (Å²) in [5.41, 5.74) is 2.49. The van der Waals surface area contributed by atoms with Crippen molar-refractivity contribution < 1.29 is 13.6 Å². The third-order valence-electron chi connectivity index (χ3n) is 4.49. The zero-order chi connectivity index (χ0) is 20.7. The largest absolute Gasteiger partial charge is 0.302 e. The third-order valence-corrected chi connectivity index (χ3v) is 5.25. The number of carbonyl (C=O) groups excluding carboxylic acids is 1. The van der Waals surface area contributed by atoms with Gasteiger partial charge in [0.05, 0.1) is 12.1 Å². The molecule has 4 rings (SSSR count). The van der Waals surface area contributed by atoms with Gasteiger partial charge in [-0.15, -0.1) is 11.3 Å². The zero-order valence-electron chi connectivity index (χ0n) is 15.4. The topological polar surface area (TPSA) is 92.1 Å². The second-order valence-electron chi connectivity index (χ2n) is 6.46. The SMILES string of the molecule is Cc1nc2cc(=O)[nH]n2c(C)c1CC(=O)Nc1nc(-c2cc(F)ccc2F)cs1. The van der Waals surface area contributed by atoms with Crippen molar-refractivity contribution in [2.45, 2.75) is 20.3 Å². The Morgan fingerprint density at radius 3 is 2.83 bits per heavy atom. The minimum absolute atomic E-state index is 0.0179. The van der Waals surface area contributed by atoms with Gasteiger partial charge in [0.15, 0.2) is 10.8 Å². The molecule has 0 aliphatic heterocycles. The van der Waals surface area contributed by atoms with Gasteiger partial charge in [0.25, 0.3) is 5.56 Å². The molecule has 1 amide bonds. The van der Waals surface area contributed by atoms with Crippen molar-refractivity contribution in [3.05, 3.63) is 68.6 Å². The summed E-state index contributed by atoms with van der Waals surface area (Å²) in [5.74, 6) is -1.51. The molecule has 148 valence electrons. The summed E-state index contributed by atoms with van der Waals surface area (Å²) in [6.07, 6.45) is 0.0179. The van der Waals surface area contributed by atoms with Crippen molar-refractivity contribution >= 4 is 28.0 Å². The highest BCUT2D eigenvalue weighted by molar-refractivity contribution is 7.14. The summed E-state index contributed by atoms with van der Waals surface area (Å²) in [5, 5.41) is 7.12. The number of aromatic amines is 1. The van der Waals surface area contributed by atoms with Gasteiger partial charge in [-0.05, 0) is 32.0 Å². The molecule has 29 heavy (non-hydrogen) atoms. The first-order valence-electron chi connectivity index (χ1n) is 8.60. The van der Waals surface area contributed by atoms with Crippen LogP contribution in [0, 0.1) is 25.5 Å². The van der Waals surface area contributed by atoms with E-state index in [1.165, 1.54) is 10.6 Å². The maximum absolute atomic E-state index is 13.9. The molecule has 0 saturated carbocycles. The number of H-pyrrole nitrogens is 1. The molecule has 0 saturated heterocycles. The fraction of sp³-hybridized carbons (Fsp3) is 0.158. The van der Waals surface area contributed by atoms with Crippen LogP contribution in [0.1, 0.15) is 17.0 Å². The van der Waals surface area contributed by atoms with Gasteiger partial charge in [-0.2, -0.15) is 0 Å². The van der Waals surface area contributed by atoms with Crippen LogP contribution >= 0.6 is 11.3 Å². The molecule has 4 aromatic rings. The quantitative estimate of drug-likeness (QED) is 0.535. The number of benzene rings is 1. The fourth-order valence-corrected chi connectivity index (χ4v) is 3.81. The average Bonchev–Trinajstić information content (AvgIpc) is 3.27. The molecule has 2 N–H and O–H groups in total. The standard InChI is InChI=1S/C19H15F2N5O2S/c1-9-12(10(2)26-16(22-9)7-18(28)25-26)6-17(27)24-19-23-15(8-29-19)13-5-11(20)3-4-14(13)21/h3-5,7-8H,6H2,1-2H3,(H,25,28)(H,23,24,27). The summed E-state index contributed by atoms with van der Waals surface area (Å²) in [6, 6.07) is 4.50. The normalized spacial score (nSPS) is 11.2. The number of amides is 1. The Labute approximate surface area is 167 Å². The summed E-state index contributed by atoms with van der Waals surface area (Å²) in [6.45, 7) is 3.55. The van der Waals surface area contributed by atoms with Crippen molar-refractivity contribution in [2.75, 3.05) is 5.32 Å². The molecular formula is C19H15F2N5O2S. The molecule has 10 heteroatoms. The van der Waals surface area contributed by atoms with E-state index in [0.717, 1.165) is 29.5 Å². The van der Waals surface area contributed by atoms with E-state index < -0.39 is 11.6 Å². The molecule has 0 atom stereocenters. The first kappa shape index (κ1) is 18.9. The van der Waals surface area contributed by atoms with E-state index in [0.29, 0.717) is 22.6 Å². The Morgan fingerprint density at radius 2 is 2.03 bits per heavy atom. The molecule has 0 fully saturated rings. The van der Waals surface area contributed by atoms with Crippen LogP contribution in [-0.4, -0.2) is 25.5 Å². The zero-order valence-corrected chi connectivity index (χ0v) is 16.2. The number of nitrogens with one attached hydrogen (secondary N) is 2. The number of hydrogen-bond donors (Lipinski definition) is 2. The van der Waals surface area contributed by atoms with E-state index in [-0.39, 0.29) is 34.3 Å². The van der Waals surface area contributed by atoms with Crippen LogP contribution in [0.15, 0.2) is 34.4 Å². The van der Waals surface area contributed by atoms with Crippen LogP contribution in [0.3, 0.4) is 0 Å². The number of anilines is 1. The van der Waals surface area contributed by atoms with Crippen LogP contribution in [0.2, 0.25) is 0 Å². The molecule has 0 aliphatic rings. The second kappa shape index (κ2) is 7.21. The lowest BCUT2D eigenvalue weighted by atomic mass is 10.1. The molecule has 0 spiro atoms. The van der Waals surface area contributed by atoms with E-state index >= 15 is 0 Å². The Balaban J connectivity index is 1.55. The molecule has 0 radical (unpaired) electrons. The van der Waals surface area contributed by atoms with Crippen LogP contribution in [0.5, 0.6) is 0 Å². The Bertz CT molecular complexity index is 1310. The van der Waals surface area contributed by atoms with Crippen molar-refractivity contribution in [1.82, 2.24) is 19.6 Å². The first-order valence-corrected chi connectivity index (χ1v) is 9.48. The lowest BCUT2D eigenvalue weighted by molar-refractivity contribution is -0.115. The summed E-state index contributed by atoms with van der Waals surface area (Å²) >= 11 is 1.11. The van der Waals surface area contributed by atoms with Crippen LogP contribution in [0.25, 0.3) is 16.9 Å². The van der Waals surface area contributed by atoms with Crippen LogP contribution in [-0.2, 0) is 11.2 Å². The molecule has 3 heterocycles. The molecule has 0 aliphatic carbocycles. The predicted molar refractivity (Wildman–Crippen MR) is 105 cm³/mol. The van der Waals surface area contributed by atoms with E-state index in [4.69, 9.17) is 0 Å². The Kier molecular flexibility index (Phi) is 4.71. The van der Waals surface area contributed by atoms with Gasteiger partial charge < -0.3 is 5.32 Å².